The molecule has 1 aliphatic carbocycles. The van der Waals surface area contributed by atoms with E-state index in [-0.39, 0.29) is 5.91 Å². The number of thioether (sulfide) groups is 1. The van der Waals surface area contributed by atoms with E-state index in [1.807, 2.05) is 74.5 Å². The number of carbonyl (C=O) groups excluding carboxylic acids is 1. The van der Waals surface area contributed by atoms with Crippen LogP contribution in [0.1, 0.15) is 40.8 Å². The van der Waals surface area contributed by atoms with E-state index in [1.165, 1.54) is 11.8 Å². The molecule has 6 nitrogen and oxygen atoms in total. The number of pyridine rings is 1. The quantitative estimate of drug-likeness (QED) is 0.359. The lowest BCUT2D eigenvalue weighted by molar-refractivity contribution is -0.115. The van der Waals surface area contributed by atoms with E-state index in [2.05, 4.69) is 25.1 Å². The molecule has 0 spiro atoms. The van der Waals surface area contributed by atoms with Gasteiger partial charge in [-0.05, 0) is 61.6 Å². The summed E-state index contributed by atoms with van der Waals surface area (Å²) in [6.07, 6.45) is 5.71. The lowest BCUT2D eigenvalue weighted by Gasteiger charge is -2.18. The van der Waals surface area contributed by atoms with E-state index in [0.717, 1.165) is 51.8 Å². The second kappa shape index (κ2) is 9.19. The van der Waals surface area contributed by atoms with Crippen LogP contribution in [0.4, 0.5) is 5.69 Å². The largest absolute Gasteiger partial charge is 0.325 e. The Balaban J connectivity index is 1.49. The first-order valence-corrected chi connectivity index (χ1v) is 11.9. The number of anilines is 1. The van der Waals surface area contributed by atoms with Gasteiger partial charge in [0.2, 0.25) is 5.91 Å². The minimum Gasteiger partial charge on any atom is -0.325 e. The summed E-state index contributed by atoms with van der Waals surface area (Å²) in [6, 6.07) is 20.2. The number of aryl methyl sites for hydroxylation is 2. The van der Waals surface area contributed by atoms with Gasteiger partial charge in [0.15, 0.2) is 11.0 Å². The average Bonchev–Trinajstić information content (AvgIpc) is 3.60. The third-order valence-electron chi connectivity index (χ3n) is 5.73. The van der Waals surface area contributed by atoms with Gasteiger partial charge in [-0.25, -0.2) is 0 Å². The maximum atomic E-state index is 13.6. The molecule has 5 rings (SSSR count). The zero-order valence-corrected chi connectivity index (χ0v) is 19.4. The van der Waals surface area contributed by atoms with Crippen molar-refractivity contribution in [3.63, 3.8) is 0 Å². The van der Waals surface area contributed by atoms with Crippen LogP contribution in [0.25, 0.3) is 11.4 Å². The summed E-state index contributed by atoms with van der Waals surface area (Å²) < 4.78 is 2.18. The summed E-state index contributed by atoms with van der Waals surface area (Å²) in [7, 11) is 0. The zero-order chi connectivity index (χ0) is 22.8. The predicted octanol–water partition coefficient (Wildman–Crippen LogP) is 5.76. The second-order valence-corrected chi connectivity index (χ2v) is 9.43. The smallest absolute Gasteiger partial charge is 0.242 e. The zero-order valence-electron chi connectivity index (χ0n) is 18.6. The first-order valence-electron chi connectivity index (χ1n) is 11.0. The molecule has 1 amide bonds. The van der Waals surface area contributed by atoms with Gasteiger partial charge in [-0.3, -0.25) is 14.3 Å². The van der Waals surface area contributed by atoms with Crippen molar-refractivity contribution in [3.05, 3.63) is 89.7 Å². The standard InChI is InChI=1S/C26H25N5OS/c1-17-8-9-18(2)22(16-17)28-25(32)23(19-6-4-3-5-7-19)33-26-30-29-24(31(26)21-10-11-21)20-12-14-27-15-13-20/h3-9,12-16,21,23H,10-11H2,1-2H3,(H,28,32). The summed E-state index contributed by atoms with van der Waals surface area (Å²) in [4.78, 5) is 17.7. The van der Waals surface area contributed by atoms with Crippen LogP contribution in [0.5, 0.6) is 0 Å². The molecule has 0 radical (unpaired) electrons. The fourth-order valence-electron chi connectivity index (χ4n) is 3.79. The SMILES string of the molecule is Cc1ccc(C)c(NC(=O)C(Sc2nnc(-c3ccncc3)n2C2CC2)c2ccccc2)c1. The van der Waals surface area contributed by atoms with E-state index in [9.17, 15) is 4.79 Å². The number of nitrogens with zero attached hydrogens (tertiary/aromatic N) is 4. The Morgan fingerprint density at radius 3 is 2.52 bits per heavy atom. The number of hydrogen-bond acceptors (Lipinski definition) is 5. The lowest BCUT2D eigenvalue weighted by atomic mass is 10.1. The Morgan fingerprint density at radius 1 is 1.03 bits per heavy atom. The fourth-order valence-corrected chi connectivity index (χ4v) is 4.90. The monoisotopic (exact) mass is 455 g/mol. The van der Waals surface area contributed by atoms with Crippen molar-refractivity contribution in [2.75, 3.05) is 5.32 Å². The Hall–Kier alpha value is -3.45. The molecule has 1 aliphatic rings. The molecule has 0 aliphatic heterocycles. The molecule has 1 fully saturated rings. The predicted molar refractivity (Wildman–Crippen MR) is 131 cm³/mol. The minimum atomic E-state index is -0.460. The van der Waals surface area contributed by atoms with Crippen LogP contribution in [-0.2, 0) is 4.79 Å². The Morgan fingerprint density at radius 2 is 1.79 bits per heavy atom. The van der Waals surface area contributed by atoms with Gasteiger partial charge in [0, 0.05) is 29.7 Å². The minimum absolute atomic E-state index is 0.0734. The number of carbonyl (C=O) groups is 1. The van der Waals surface area contributed by atoms with Crippen LogP contribution in [0, 0.1) is 13.8 Å². The normalized spacial score (nSPS) is 14.1. The molecule has 1 atom stereocenters. The van der Waals surface area contributed by atoms with Crippen molar-refractivity contribution in [1.82, 2.24) is 19.7 Å². The summed E-state index contributed by atoms with van der Waals surface area (Å²) in [5.74, 6) is 0.750. The molecule has 2 heterocycles. The van der Waals surface area contributed by atoms with E-state index >= 15 is 0 Å². The molecule has 0 bridgehead atoms. The molecule has 1 N–H and O–H groups in total. The Labute approximate surface area is 197 Å². The van der Waals surface area contributed by atoms with Gasteiger partial charge in [0.1, 0.15) is 5.25 Å². The topological polar surface area (TPSA) is 72.7 Å². The number of benzene rings is 2. The molecule has 1 unspecified atom stereocenters. The van der Waals surface area contributed by atoms with Crippen LogP contribution in [0.3, 0.4) is 0 Å². The molecule has 2 aromatic carbocycles. The van der Waals surface area contributed by atoms with Gasteiger partial charge in [-0.2, -0.15) is 0 Å². The number of rotatable bonds is 7. The molecule has 2 aromatic heterocycles. The Bertz CT molecular complexity index is 1270. The first-order chi connectivity index (χ1) is 16.1. The van der Waals surface area contributed by atoms with E-state index in [4.69, 9.17) is 0 Å². The van der Waals surface area contributed by atoms with E-state index < -0.39 is 5.25 Å². The number of amides is 1. The molecule has 1 saturated carbocycles. The fraction of sp³-hybridized carbons (Fsp3) is 0.231. The number of nitrogens with one attached hydrogen (secondary N) is 1. The van der Waals surface area contributed by atoms with Gasteiger partial charge < -0.3 is 5.32 Å². The summed E-state index contributed by atoms with van der Waals surface area (Å²) in [6.45, 7) is 4.03. The van der Waals surface area contributed by atoms with Gasteiger partial charge in [-0.1, -0.05) is 54.2 Å². The highest BCUT2D eigenvalue weighted by atomic mass is 32.2. The molecule has 33 heavy (non-hydrogen) atoms. The van der Waals surface area contributed by atoms with Crippen LogP contribution in [-0.4, -0.2) is 25.7 Å². The van der Waals surface area contributed by atoms with Gasteiger partial charge in [0.25, 0.3) is 0 Å². The molecule has 166 valence electrons. The van der Waals surface area contributed by atoms with Crippen LogP contribution in [0.2, 0.25) is 0 Å². The molecule has 0 saturated heterocycles. The summed E-state index contributed by atoms with van der Waals surface area (Å²) in [5.41, 5.74) is 4.89. The third kappa shape index (κ3) is 4.68. The van der Waals surface area contributed by atoms with Crippen molar-refractivity contribution < 1.29 is 4.79 Å². The van der Waals surface area contributed by atoms with Crippen LogP contribution >= 0.6 is 11.8 Å². The van der Waals surface area contributed by atoms with Crippen molar-refractivity contribution in [2.24, 2.45) is 0 Å². The van der Waals surface area contributed by atoms with Crippen LogP contribution in [0.15, 0.2) is 78.2 Å². The maximum Gasteiger partial charge on any atom is 0.242 e. The third-order valence-corrected chi connectivity index (χ3v) is 6.94. The van der Waals surface area contributed by atoms with Crippen molar-refractivity contribution in [1.29, 1.82) is 0 Å². The van der Waals surface area contributed by atoms with Gasteiger partial charge in [-0.15, -0.1) is 10.2 Å². The highest BCUT2D eigenvalue weighted by Gasteiger charge is 2.33. The molecular formula is C26H25N5OS. The van der Waals surface area contributed by atoms with Crippen LogP contribution < -0.4 is 5.32 Å². The number of hydrogen-bond donors (Lipinski definition) is 1. The Kier molecular flexibility index (Phi) is 5.96. The molecule has 4 aromatic rings. The first kappa shape index (κ1) is 21.4. The highest BCUT2D eigenvalue weighted by molar-refractivity contribution is 8.00. The molecule has 7 heteroatoms. The molecular weight excluding hydrogens is 430 g/mol. The second-order valence-electron chi connectivity index (χ2n) is 8.36. The lowest BCUT2D eigenvalue weighted by Crippen LogP contribution is -2.20. The van der Waals surface area contributed by atoms with E-state index in [1.54, 1.807) is 12.4 Å². The van der Waals surface area contributed by atoms with Crippen molar-refractivity contribution in [3.8, 4) is 11.4 Å². The summed E-state index contributed by atoms with van der Waals surface area (Å²) >= 11 is 1.45. The van der Waals surface area contributed by atoms with Gasteiger partial charge in [0.05, 0.1) is 0 Å². The van der Waals surface area contributed by atoms with Crippen molar-refractivity contribution in [2.45, 2.75) is 43.1 Å². The number of aromatic nitrogens is 4. The maximum absolute atomic E-state index is 13.6. The van der Waals surface area contributed by atoms with Crippen molar-refractivity contribution >= 4 is 23.4 Å². The van der Waals surface area contributed by atoms with E-state index in [0.29, 0.717) is 6.04 Å². The average molecular weight is 456 g/mol. The van der Waals surface area contributed by atoms with Gasteiger partial charge >= 0.3 is 0 Å². The summed E-state index contributed by atoms with van der Waals surface area (Å²) in [5, 5.41) is 12.5. The highest BCUT2D eigenvalue weighted by Crippen LogP contribution is 2.44.